The fourth-order valence-corrected chi connectivity index (χ4v) is 5.58. The van der Waals surface area contributed by atoms with Gasteiger partial charge in [-0.25, -0.2) is 0 Å². The molecule has 33 heavy (non-hydrogen) atoms. The molecule has 1 N–H and O–H groups in total. The molecule has 174 valence electrons. The minimum Gasteiger partial charge on any atom is -0.336 e. The molecule has 1 aromatic heterocycles. The Morgan fingerprint density at radius 2 is 1.85 bits per heavy atom. The lowest BCUT2D eigenvalue weighted by Gasteiger charge is -2.35. The Balaban J connectivity index is 1.28. The number of piperazine rings is 1. The molecule has 0 bridgehead atoms. The number of amides is 2. The fourth-order valence-electron chi connectivity index (χ4n) is 4.32. The van der Waals surface area contributed by atoms with Gasteiger partial charge in [0.2, 0.25) is 5.91 Å². The summed E-state index contributed by atoms with van der Waals surface area (Å²) in [6, 6.07) is 7.03. The van der Waals surface area contributed by atoms with Crippen molar-refractivity contribution in [1.29, 1.82) is 5.26 Å². The topological polar surface area (TPSA) is 76.4 Å². The second kappa shape index (κ2) is 9.53. The van der Waals surface area contributed by atoms with Gasteiger partial charge in [0, 0.05) is 44.0 Å². The van der Waals surface area contributed by atoms with E-state index in [4.69, 9.17) is 0 Å². The number of alkyl halides is 3. The molecule has 0 saturated carbocycles. The Kier molecular flexibility index (Phi) is 6.72. The van der Waals surface area contributed by atoms with Crippen molar-refractivity contribution in [3.05, 3.63) is 51.4 Å². The third-order valence-corrected chi connectivity index (χ3v) is 7.27. The fraction of sp³-hybridized carbons (Fsp3) is 0.435. The molecule has 0 atom stereocenters. The van der Waals surface area contributed by atoms with Crippen LogP contribution in [0, 0.1) is 11.3 Å². The molecule has 1 aliphatic carbocycles. The molecule has 1 fully saturated rings. The molecule has 4 rings (SSSR count). The van der Waals surface area contributed by atoms with Crippen LogP contribution in [-0.4, -0.2) is 54.3 Å². The van der Waals surface area contributed by atoms with Crippen molar-refractivity contribution >= 4 is 28.2 Å². The van der Waals surface area contributed by atoms with Crippen LogP contribution in [0.3, 0.4) is 0 Å². The molecular weight excluding hydrogens is 453 g/mol. The van der Waals surface area contributed by atoms with Crippen molar-refractivity contribution in [3.8, 4) is 6.07 Å². The molecule has 2 heterocycles. The van der Waals surface area contributed by atoms with Gasteiger partial charge in [-0.1, -0.05) is 12.1 Å². The highest BCUT2D eigenvalue weighted by atomic mass is 32.1. The Hall–Kier alpha value is -2.90. The zero-order valence-corrected chi connectivity index (χ0v) is 18.7. The molecule has 6 nitrogen and oxygen atoms in total. The van der Waals surface area contributed by atoms with Crippen LogP contribution in [0.1, 0.15) is 44.8 Å². The monoisotopic (exact) mass is 476 g/mol. The number of carbonyl (C=O) groups is 2. The molecular formula is C23H23F3N4O2S. The number of nitriles is 1. The SMILES string of the molecule is N#Cc1c(NC(=O)CCN2CCN(C(=O)c3ccccc3C(F)(F)F)CC2)sc2c1CCC2. The van der Waals surface area contributed by atoms with E-state index in [2.05, 4.69) is 11.4 Å². The molecule has 10 heteroatoms. The van der Waals surface area contributed by atoms with Crippen molar-refractivity contribution in [1.82, 2.24) is 9.80 Å². The van der Waals surface area contributed by atoms with Gasteiger partial charge in [-0.3, -0.25) is 14.5 Å². The summed E-state index contributed by atoms with van der Waals surface area (Å²) in [5.41, 5.74) is 0.372. The van der Waals surface area contributed by atoms with Crippen LogP contribution in [-0.2, 0) is 23.8 Å². The lowest BCUT2D eigenvalue weighted by atomic mass is 10.1. The van der Waals surface area contributed by atoms with Gasteiger partial charge in [0.05, 0.1) is 16.7 Å². The highest BCUT2D eigenvalue weighted by Crippen LogP contribution is 2.38. The maximum absolute atomic E-state index is 13.2. The molecule has 2 aliphatic rings. The number of nitrogens with zero attached hydrogens (tertiary/aromatic N) is 3. The molecule has 1 saturated heterocycles. The predicted molar refractivity (Wildman–Crippen MR) is 118 cm³/mol. The van der Waals surface area contributed by atoms with Crippen molar-refractivity contribution in [2.24, 2.45) is 0 Å². The molecule has 0 spiro atoms. The first kappa shape index (κ1) is 23.3. The van der Waals surface area contributed by atoms with Crippen LogP contribution in [0.25, 0.3) is 0 Å². The summed E-state index contributed by atoms with van der Waals surface area (Å²) in [5.74, 6) is -0.806. The van der Waals surface area contributed by atoms with Gasteiger partial charge < -0.3 is 10.2 Å². The van der Waals surface area contributed by atoms with E-state index < -0.39 is 17.6 Å². The molecule has 1 aromatic carbocycles. The summed E-state index contributed by atoms with van der Waals surface area (Å²) in [6.07, 6.45) is -1.49. The van der Waals surface area contributed by atoms with E-state index in [1.807, 2.05) is 4.90 Å². The van der Waals surface area contributed by atoms with Gasteiger partial charge in [-0.15, -0.1) is 11.3 Å². The smallest absolute Gasteiger partial charge is 0.336 e. The minimum atomic E-state index is -4.59. The van der Waals surface area contributed by atoms with E-state index in [0.717, 1.165) is 30.9 Å². The number of halogens is 3. The Bertz CT molecular complexity index is 1100. The Labute approximate surface area is 193 Å². The summed E-state index contributed by atoms with van der Waals surface area (Å²) >= 11 is 1.47. The first-order valence-corrected chi connectivity index (χ1v) is 11.6. The summed E-state index contributed by atoms with van der Waals surface area (Å²) in [7, 11) is 0. The lowest BCUT2D eigenvalue weighted by Crippen LogP contribution is -2.49. The zero-order chi connectivity index (χ0) is 23.6. The van der Waals surface area contributed by atoms with Gasteiger partial charge in [-0.2, -0.15) is 18.4 Å². The van der Waals surface area contributed by atoms with Gasteiger partial charge in [0.25, 0.3) is 5.91 Å². The van der Waals surface area contributed by atoms with Crippen LogP contribution in [0.2, 0.25) is 0 Å². The van der Waals surface area contributed by atoms with E-state index in [-0.39, 0.29) is 17.9 Å². The summed E-state index contributed by atoms with van der Waals surface area (Å²) in [4.78, 5) is 29.7. The maximum atomic E-state index is 13.2. The van der Waals surface area contributed by atoms with Crippen LogP contribution in [0.4, 0.5) is 18.2 Å². The number of aryl methyl sites for hydroxylation is 1. The number of hydrogen-bond donors (Lipinski definition) is 1. The van der Waals surface area contributed by atoms with Crippen LogP contribution < -0.4 is 5.32 Å². The number of anilines is 1. The highest BCUT2D eigenvalue weighted by molar-refractivity contribution is 7.16. The normalized spacial score (nSPS) is 16.4. The average Bonchev–Trinajstić information content (AvgIpc) is 3.37. The Morgan fingerprint density at radius 1 is 1.12 bits per heavy atom. The third-order valence-electron chi connectivity index (χ3n) is 6.06. The number of fused-ring (bicyclic) bond motifs is 1. The van der Waals surface area contributed by atoms with E-state index in [9.17, 15) is 28.0 Å². The van der Waals surface area contributed by atoms with Gasteiger partial charge in [-0.05, 0) is 37.0 Å². The van der Waals surface area contributed by atoms with Crippen molar-refractivity contribution in [2.75, 3.05) is 38.0 Å². The van der Waals surface area contributed by atoms with Gasteiger partial charge >= 0.3 is 6.18 Å². The van der Waals surface area contributed by atoms with Crippen LogP contribution >= 0.6 is 11.3 Å². The van der Waals surface area contributed by atoms with Crippen LogP contribution in [0.15, 0.2) is 24.3 Å². The van der Waals surface area contributed by atoms with Crippen molar-refractivity contribution < 1.29 is 22.8 Å². The average molecular weight is 477 g/mol. The van der Waals surface area contributed by atoms with E-state index in [1.165, 1.54) is 39.3 Å². The first-order chi connectivity index (χ1) is 15.8. The summed E-state index contributed by atoms with van der Waals surface area (Å²) in [6.45, 7) is 2.01. The zero-order valence-electron chi connectivity index (χ0n) is 17.9. The second-order valence-corrected chi connectivity index (χ2v) is 9.25. The van der Waals surface area contributed by atoms with E-state index in [0.29, 0.717) is 43.3 Å². The molecule has 2 amide bonds. The van der Waals surface area contributed by atoms with Crippen molar-refractivity contribution in [3.63, 3.8) is 0 Å². The van der Waals surface area contributed by atoms with E-state index >= 15 is 0 Å². The van der Waals surface area contributed by atoms with Gasteiger partial charge in [0.15, 0.2) is 0 Å². The number of benzene rings is 1. The number of hydrogen-bond acceptors (Lipinski definition) is 5. The number of thiophene rings is 1. The summed E-state index contributed by atoms with van der Waals surface area (Å²) in [5, 5.41) is 12.9. The molecule has 0 unspecified atom stereocenters. The van der Waals surface area contributed by atoms with Crippen LogP contribution in [0.5, 0.6) is 0 Å². The number of nitrogens with one attached hydrogen (secondary N) is 1. The predicted octanol–water partition coefficient (Wildman–Crippen LogP) is 3.91. The Morgan fingerprint density at radius 3 is 2.55 bits per heavy atom. The quantitative estimate of drug-likeness (QED) is 0.710. The molecule has 1 aliphatic heterocycles. The maximum Gasteiger partial charge on any atom is 0.417 e. The van der Waals surface area contributed by atoms with Crippen molar-refractivity contribution in [2.45, 2.75) is 31.9 Å². The largest absolute Gasteiger partial charge is 0.417 e. The second-order valence-electron chi connectivity index (χ2n) is 8.15. The van der Waals surface area contributed by atoms with Gasteiger partial charge in [0.1, 0.15) is 11.1 Å². The third kappa shape index (κ3) is 5.04. The summed E-state index contributed by atoms with van der Waals surface area (Å²) < 4.78 is 39.7. The highest BCUT2D eigenvalue weighted by Gasteiger charge is 2.36. The number of carbonyl (C=O) groups excluding carboxylic acids is 2. The lowest BCUT2D eigenvalue weighted by molar-refractivity contribution is -0.138. The standard InChI is InChI=1S/C23H23F3N4O2S/c24-23(25,26)18-6-2-1-4-16(18)22(32)30-12-10-29(11-13-30)9-8-20(31)28-21-17(14-27)15-5-3-7-19(15)33-21/h1-2,4,6H,3,5,7-13H2,(H,28,31). The van der Waals surface area contributed by atoms with E-state index in [1.54, 1.807) is 0 Å². The minimum absolute atomic E-state index is 0.177. The number of rotatable bonds is 5. The molecule has 2 aromatic rings. The first-order valence-electron chi connectivity index (χ1n) is 10.8. The molecule has 0 radical (unpaired) electrons.